The van der Waals surface area contributed by atoms with Crippen molar-refractivity contribution in [3.8, 4) is 0 Å². The lowest BCUT2D eigenvalue weighted by Gasteiger charge is -2.27. The number of carbonyl (C=O) groups is 2. The highest BCUT2D eigenvalue weighted by Crippen LogP contribution is 2.36. The number of methoxy groups -OCH3 is 1. The summed E-state index contributed by atoms with van der Waals surface area (Å²) in [5, 5.41) is 3.65. The molecule has 2 aromatic rings. The first-order valence-electron chi connectivity index (χ1n) is 9.56. The second-order valence-electron chi connectivity index (χ2n) is 6.58. The van der Waals surface area contributed by atoms with Crippen molar-refractivity contribution < 1.29 is 23.5 Å². The van der Waals surface area contributed by atoms with Crippen molar-refractivity contribution in [2.75, 3.05) is 45.8 Å². The van der Waals surface area contributed by atoms with Gasteiger partial charge in [-0.1, -0.05) is 0 Å². The van der Waals surface area contributed by atoms with E-state index in [0.717, 1.165) is 21.0 Å². The average molecular weight is 432 g/mol. The van der Waals surface area contributed by atoms with Crippen LogP contribution in [0.3, 0.4) is 0 Å². The standard InChI is InChI=1S/C21H25N3O5S/c1-22-12-17-16-7-8-24(20(26)14-28-11-10-27-2)13-18(16)30-21(17)23-19(25)6-5-15-4-3-9-29-15/h3-6,9,12H,7-8,10-11,13-14H2,1-2H3,(H,23,25)/b6-5+,22-12?. The zero-order valence-corrected chi connectivity index (χ0v) is 17.9. The number of hydrogen-bond acceptors (Lipinski definition) is 7. The van der Waals surface area contributed by atoms with E-state index in [0.29, 0.717) is 38.5 Å². The molecule has 0 radical (unpaired) electrons. The predicted molar refractivity (Wildman–Crippen MR) is 116 cm³/mol. The van der Waals surface area contributed by atoms with Gasteiger partial charge in [-0.05, 0) is 30.2 Å². The fraction of sp³-hybridized carbons (Fsp3) is 0.381. The molecule has 0 bridgehead atoms. The maximum atomic E-state index is 12.4. The van der Waals surface area contributed by atoms with Crippen molar-refractivity contribution in [1.29, 1.82) is 0 Å². The second-order valence-corrected chi connectivity index (χ2v) is 7.69. The molecule has 1 aliphatic rings. The molecule has 2 amide bonds. The van der Waals surface area contributed by atoms with Crippen LogP contribution in [0.5, 0.6) is 0 Å². The summed E-state index contributed by atoms with van der Waals surface area (Å²) >= 11 is 1.47. The van der Waals surface area contributed by atoms with Crippen molar-refractivity contribution >= 4 is 40.4 Å². The molecule has 1 aliphatic heterocycles. The Balaban J connectivity index is 1.68. The Morgan fingerprint density at radius 2 is 2.27 bits per heavy atom. The molecule has 3 heterocycles. The molecule has 8 nitrogen and oxygen atoms in total. The quantitative estimate of drug-likeness (QED) is 0.374. The first-order valence-corrected chi connectivity index (χ1v) is 10.4. The summed E-state index contributed by atoms with van der Waals surface area (Å²) in [5.41, 5.74) is 2.03. The molecule has 160 valence electrons. The van der Waals surface area contributed by atoms with Gasteiger partial charge in [0.15, 0.2) is 0 Å². The molecule has 0 atom stereocenters. The molecule has 0 unspecified atom stereocenters. The molecular weight excluding hydrogens is 406 g/mol. The van der Waals surface area contributed by atoms with Gasteiger partial charge in [0.05, 0.1) is 26.0 Å². The lowest BCUT2D eigenvalue weighted by molar-refractivity contribution is -0.137. The van der Waals surface area contributed by atoms with Crippen LogP contribution in [0.4, 0.5) is 5.00 Å². The van der Waals surface area contributed by atoms with E-state index < -0.39 is 0 Å². The highest BCUT2D eigenvalue weighted by Gasteiger charge is 2.26. The summed E-state index contributed by atoms with van der Waals surface area (Å²) < 4.78 is 15.5. The fourth-order valence-corrected chi connectivity index (χ4v) is 4.33. The minimum Gasteiger partial charge on any atom is -0.465 e. The largest absolute Gasteiger partial charge is 0.465 e. The lowest BCUT2D eigenvalue weighted by Crippen LogP contribution is -2.38. The van der Waals surface area contributed by atoms with Crippen LogP contribution in [-0.2, 0) is 32.0 Å². The lowest BCUT2D eigenvalue weighted by atomic mass is 10.0. The number of ether oxygens (including phenoxy) is 2. The molecule has 30 heavy (non-hydrogen) atoms. The van der Waals surface area contributed by atoms with Gasteiger partial charge in [-0.15, -0.1) is 11.3 Å². The molecule has 1 N–H and O–H groups in total. The van der Waals surface area contributed by atoms with Crippen molar-refractivity contribution in [1.82, 2.24) is 4.90 Å². The number of nitrogens with one attached hydrogen (secondary N) is 1. The summed E-state index contributed by atoms with van der Waals surface area (Å²) in [5.74, 6) is 0.297. The first kappa shape index (κ1) is 21.9. The highest BCUT2D eigenvalue weighted by molar-refractivity contribution is 7.17. The van der Waals surface area contributed by atoms with E-state index in [1.165, 1.54) is 17.4 Å². The normalized spacial score (nSPS) is 13.9. The van der Waals surface area contributed by atoms with Crippen LogP contribution in [0.1, 0.15) is 21.8 Å². The molecule has 3 rings (SSSR count). The van der Waals surface area contributed by atoms with Crippen LogP contribution < -0.4 is 5.32 Å². The Kier molecular flexibility index (Phi) is 7.95. The van der Waals surface area contributed by atoms with Gasteiger partial charge in [0.2, 0.25) is 11.8 Å². The third kappa shape index (κ3) is 5.65. The van der Waals surface area contributed by atoms with Crippen LogP contribution in [0.2, 0.25) is 0 Å². The van der Waals surface area contributed by atoms with Gasteiger partial charge >= 0.3 is 0 Å². The Bertz CT molecular complexity index is 917. The maximum Gasteiger partial charge on any atom is 0.249 e. The minimum absolute atomic E-state index is 0.0362. The van der Waals surface area contributed by atoms with E-state index in [-0.39, 0.29) is 18.4 Å². The predicted octanol–water partition coefficient (Wildman–Crippen LogP) is 2.59. The van der Waals surface area contributed by atoms with Crippen LogP contribution in [0.25, 0.3) is 6.08 Å². The number of rotatable bonds is 9. The van der Waals surface area contributed by atoms with Gasteiger partial charge in [0.1, 0.15) is 17.4 Å². The topological polar surface area (TPSA) is 93.4 Å². The van der Waals surface area contributed by atoms with Gasteiger partial charge in [-0.2, -0.15) is 0 Å². The molecule has 0 aliphatic carbocycles. The van der Waals surface area contributed by atoms with Crippen molar-refractivity contribution in [2.45, 2.75) is 13.0 Å². The molecule has 0 fully saturated rings. The van der Waals surface area contributed by atoms with Gasteiger partial charge in [-0.25, -0.2) is 0 Å². The van der Waals surface area contributed by atoms with E-state index >= 15 is 0 Å². The minimum atomic E-state index is -0.254. The molecule has 0 aromatic carbocycles. The first-order chi connectivity index (χ1) is 14.6. The van der Waals surface area contributed by atoms with E-state index in [1.54, 1.807) is 49.7 Å². The Morgan fingerprint density at radius 1 is 1.40 bits per heavy atom. The third-order valence-electron chi connectivity index (χ3n) is 4.54. The van der Waals surface area contributed by atoms with E-state index in [1.807, 2.05) is 0 Å². The number of anilines is 1. The number of thiophene rings is 1. The van der Waals surface area contributed by atoms with Gasteiger partial charge in [0.25, 0.3) is 0 Å². The number of nitrogens with zero attached hydrogens (tertiary/aromatic N) is 2. The number of aliphatic imine (C=N–C) groups is 1. The second kappa shape index (κ2) is 10.9. The summed E-state index contributed by atoms with van der Waals surface area (Å²) in [6.07, 6.45) is 7.05. The van der Waals surface area contributed by atoms with Crippen LogP contribution >= 0.6 is 11.3 Å². The molecule has 0 saturated heterocycles. The summed E-state index contributed by atoms with van der Waals surface area (Å²) in [6.45, 7) is 1.98. The van der Waals surface area contributed by atoms with Crippen molar-refractivity contribution in [2.24, 2.45) is 4.99 Å². The van der Waals surface area contributed by atoms with E-state index in [2.05, 4.69) is 10.3 Å². The highest BCUT2D eigenvalue weighted by atomic mass is 32.1. The number of carbonyl (C=O) groups excluding carboxylic acids is 2. The van der Waals surface area contributed by atoms with E-state index in [9.17, 15) is 9.59 Å². The molecular formula is C21H25N3O5S. The maximum absolute atomic E-state index is 12.4. The monoisotopic (exact) mass is 431 g/mol. The number of fused-ring (bicyclic) bond motifs is 1. The Hall–Kier alpha value is -2.75. The average Bonchev–Trinajstić information content (AvgIpc) is 3.38. The number of amides is 2. The summed E-state index contributed by atoms with van der Waals surface area (Å²) in [7, 11) is 3.29. The Morgan fingerprint density at radius 3 is 3.00 bits per heavy atom. The Labute approximate surface area is 179 Å². The zero-order chi connectivity index (χ0) is 21.3. The molecule has 0 saturated carbocycles. The molecule has 9 heteroatoms. The zero-order valence-electron chi connectivity index (χ0n) is 17.1. The van der Waals surface area contributed by atoms with E-state index in [4.69, 9.17) is 13.9 Å². The number of hydrogen-bond donors (Lipinski definition) is 1. The summed E-state index contributed by atoms with van der Waals surface area (Å²) in [6, 6.07) is 3.53. The number of furan rings is 1. The third-order valence-corrected chi connectivity index (χ3v) is 5.69. The van der Waals surface area contributed by atoms with Crippen LogP contribution in [0.15, 0.2) is 33.9 Å². The summed E-state index contributed by atoms with van der Waals surface area (Å²) in [4.78, 5) is 31.7. The van der Waals surface area contributed by atoms with Gasteiger partial charge in [-0.3, -0.25) is 14.6 Å². The van der Waals surface area contributed by atoms with Crippen LogP contribution in [0, 0.1) is 0 Å². The molecule has 2 aromatic heterocycles. The van der Waals surface area contributed by atoms with Crippen LogP contribution in [-0.4, -0.2) is 63.5 Å². The van der Waals surface area contributed by atoms with Gasteiger partial charge < -0.3 is 24.1 Å². The van der Waals surface area contributed by atoms with Crippen molar-refractivity contribution in [3.05, 3.63) is 46.2 Å². The van der Waals surface area contributed by atoms with Crippen molar-refractivity contribution in [3.63, 3.8) is 0 Å². The fourth-order valence-electron chi connectivity index (χ4n) is 3.09. The smallest absolute Gasteiger partial charge is 0.249 e. The molecule has 0 spiro atoms. The van der Waals surface area contributed by atoms with Gasteiger partial charge in [0, 0.05) is 43.4 Å². The SMILES string of the molecule is CN=Cc1c(NC(=O)/C=C/c2ccco2)sc2c1CCN(C(=O)COCCOC)C2.